The van der Waals surface area contributed by atoms with Crippen molar-refractivity contribution in [3.05, 3.63) is 59.7 Å². The summed E-state index contributed by atoms with van der Waals surface area (Å²) >= 11 is 0. The van der Waals surface area contributed by atoms with E-state index in [4.69, 9.17) is 9.47 Å². The minimum Gasteiger partial charge on any atom is -0.496 e. The van der Waals surface area contributed by atoms with E-state index in [9.17, 15) is 13.8 Å². The van der Waals surface area contributed by atoms with Crippen LogP contribution in [0.15, 0.2) is 48.5 Å². The lowest BCUT2D eigenvalue weighted by atomic mass is 9.86. The maximum Gasteiger partial charge on any atom is 0.296 e. The zero-order valence-electron chi connectivity index (χ0n) is 21.0. The molecule has 1 unspecified atom stereocenters. The van der Waals surface area contributed by atoms with Gasteiger partial charge in [-0.25, -0.2) is 4.21 Å². The van der Waals surface area contributed by atoms with Gasteiger partial charge in [-0.2, -0.15) is 0 Å². The summed E-state index contributed by atoms with van der Waals surface area (Å²) in [5, 5.41) is 4.09. The van der Waals surface area contributed by atoms with Gasteiger partial charge in [-0.05, 0) is 47.1 Å². The zero-order chi connectivity index (χ0) is 25.8. The first-order valence-electron chi connectivity index (χ1n) is 11.4. The fourth-order valence-corrected chi connectivity index (χ4v) is 4.63. The number of Topliss-reactive ketones (excluding diaryl/α,β-unsaturated/α-hetero) is 1. The SMILES string of the molecule is CCCS(=O)Nc1cc(C(C)(C)C)cc(NC(=O)C(=O)c2ccc(OC)c3ccccc23)c1OC. The van der Waals surface area contributed by atoms with Gasteiger partial charge in [0.25, 0.3) is 11.7 Å². The number of ketones is 1. The highest BCUT2D eigenvalue weighted by Crippen LogP contribution is 2.39. The second kappa shape index (κ2) is 10.9. The third-order valence-corrected chi connectivity index (χ3v) is 6.80. The maximum absolute atomic E-state index is 13.2. The van der Waals surface area contributed by atoms with Gasteiger partial charge in [-0.1, -0.05) is 52.0 Å². The Hall–Kier alpha value is -3.39. The molecule has 0 radical (unpaired) electrons. The van der Waals surface area contributed by atoms with E-state index >= 15 is 0 Å². The number of carbonyl (C=O) groups is 2. The summed E-state index contributed by atoms with van der Waals surface area (Å²) < 4.78 is 26.4. The Morgan fingerprint density at radius 3 is 2.20 bits per heavy atom. The Morgan fingerprint density at radius 1 is 0.943 bits per heavy atom. The van der Waals surface area contributed by atoms with E-state index in [0.717, 1.165) is 17.4 Å². The zero-order valence-corrected chi connectivity index (χ0v) is 21.8. The molecular weight excluding hydrogens is 464 g/mol. The molecule has 0 aliphatic heterocycles. The Labute approximate surface area is 208 Å². The molecule has 0 spiro atoms. The number of hydrogen-bond acceptors (Lipinski definition) is 5. The van der Waals surface area contributed by atoms with Crippen molar-refractivity contribution in [2.45, 2.75) is 39.5 Å². The molecule has 0 aromatic heterocycles. The molecule has 0 saturated heterocycles. The topological polar surface area (TPSA) is 93.7 Å². The quantitative estimate of drug-likeness (QED) is 0.303. The molecule has 3 aromatic carbocycles. The van der Waals surface area contributed by atoms with Gasteiger partial charge in [-0.3, -0.25) is 9.59 Å². The molecule has 3 rings (SSSR count). The Bertz CT molecular complexity index is 1280. The van der Waals surface area contributed by atoms with Crippen molar-refractivity contribution >= 4 is 44.8 Å². The van der Waals surface area contributed by atoms with Gasteiger partial charge >= 0.3 is 0 Å². The van der Waals surface area contributed by atoms with Crippen LogP contribution >= 0.6 is 0 Å². The van der Waals surface area contributed by atoms with Crippen LogP contribution in [0, 0.1) is 0 Å². The number of nitrogens with one attached hydrogen (secondary N) is 2. The minimum atomic E-state index is -1.32. The van der Waals surface area contributed by atoms with Crippen molar-refractivity contribution in [2.24, 2.45) is 0 Å². The van der Waals surface area contributed by atoms with Crippen molar-refractivity contribution in [1.29, 1.82) is 0 Å². The monoisotopic (exact) mass is 496 g/mol. The highest BCUT2D eigenvalue weighted by Gasteiger charge is 2.25. The lowest BCUT2D eigenvalue weighted by molar-refractivity contribution is -0.112. The van der Waals surface area contributed by atoms with Crippen LogP contribution in [0.25, 0.3) is 10.8 Å². The maximum atomic E-state index is 13.2. The molecule has 0 aliphatic rings. The van der Waals surface area contributed by atoms with E-state index in [1.807, 2.05) is 45.9 Å². The van der Waals surface area contributed by atoms with E-state index in [1.54, 1.807) is 37.4 Å². The van der Waals surface area contributed by atoms with Crippen LogP contribution in [0.5, 0.6) is 11.5 Å². The summed E-state index contributed by atoms with van der Waals surface area (Å²) in [7, 11) is 1.71. The van der Waals surface area contributed by atoms with Gasteiger partial charge in [0.2, 0.25) is 0 Å². The summed E-state index contributed by atoms with van der Waals surface area (Å²) in [6.45, 7) is 8.04. The Balaban J connectivity index is 2.03. The van der Waals surface area contributed by atoms with Crippen molar-refractivity contribution in [1.82, 2.24) is 0 Å². The molecule has 3 aromatic rings. The third-order valence-electron chi connectivity index (χ3n) is 5.58. The average Bonchev–Trinajstić information content (AvgIpc) is 2.82. The first-order chi connectivity index (χ1) is 16.6. The highest BCUT2D eigenvalue weighted by atomic mass is 32.2. The smallest absolute Gasteiger partial charge is 0.296 e. The molecular formula is C27H32N2O5S. The minimum absolute atomic E-state index is 0.271. The summed E-state index contributed by atoms with van der Waals surface area (Å²) in [5.74, 6) is -0.0919. The molecule has 8 heteroatoms. The number of hydrogen-bond donors (Lipinski definition) is 2. The first kappa shape index (κ1) is 26.2. The summed E-state index contributed by atoms with van der Waals surface area (Å²) in [4.78, 5) is 26.4. The van der Waals surface area contributed by atoms with Gasteiger partial charge < -0.3 is 19.5 Å². The number of ether oxygens (including phenoxy) is 2. The van der Waals surface area contributed by atoms with Gasteiger partial charge in [0, 0.05) is 16.7 Å². The number of rotatable bonds is 9. The molecule has 186 valence electrons. The number of amides is 1. The van der Waals surface area contributed by atoms with E-state index in [1.165, 1.54) is 7.11 Å². The van der Waals surface area contributed by atoms with E-state index < -0.39 is 22.7 Å². The average molecular weight is 497 g/mol. The van der Waals surface area contributed by atoms with Crippen molar-refractivity contribution in [3.63, 3.8) is 0 Å². The lowest BCUT2D eigenvalue weighted by Gasteiger charge is -2.24. The van der Waals surface area contributed by atoms with Crippen LogP contribution in [0.3, 0.4) is 0 Å². The second-order valence-electron chi connectivity index (χ2n) is 9.15. The predicted molar refractivity (Wildman–Crippen MR) is 142 cm³/mol. The van der Waals surface area contributed by atoms with Crippen LogP contribution in [-0.2, 0) is 21.2 Å². The lowest BCUT2D eigenvalue weighted by Crippen LogP contribution is -2.24. The van der Waals surface area contributed by atoms with Crippen LogP contribution in [0.1, 0.15) is 50.0 Å². The second-order valence-corrected chi connectivity index (χ2v) is 10.5. The third kappa shape index (κ3) is 5.82. The van der Waals surface area contributed by atoms with Gasteiger partial charge in [0.05, 0.1) is 25.6 Å². The van der Waals surface area contributed by atoms with E-state index in [0.29, 0.717) is 34.0 Å². The fraction of sp³-hybridized carbons (Fsp3) is 0.333. The van der Waals surface area contributed by atoms with Gasteiger partial charge in [-0.15, -0.1) is 0 Å². The van der Waals surface area contributed by atoms with Gasteiger partial charge in [0.15, 0.2) is 5.75 Å². The van der Waals surface area contributed by atoms with Crippen molar-refractivity contribution < 1.29 is 23.3 Å². The van der Waals surface area contributed by atoms with Crippen LogP contribution in [0.2, 0.25) is 0 Å². The molecule has 2 N–H and O–H groups in total. The molecule has 35 heavy (non-hydrogen) atoms. The number of fused-ring (bicyclic) bond motifs is 1. The number of carbonyl (C=O) groups excluding carboxylic acids is 2. The van der Waals surface area contributed by atoms with Crippen molar-refractivity contribution in [2.75, 3.05) is 30.0 Å². The van der Waals surface area contributed by atoms with Gasteiger partial charge in [0.1, 0.15) is 16.7 Å². The van der Waals surface area contributed by atoms with Crippen LogP contribution in [-0.4, -0.2) is 35.9 Å². The molecule has 0 bridgehead atoms. The number of methoxy groups -OCH3 is 2. The molecule has 1 amide bonds. The standard InChI is InChI=1S/C27H32N2O5S/c1-7-14-35(32)29-22-16-17(27(2,3)4)15-21(25(22)34-6)28-26(31)24(30)20-12-13-23(33-5)19-11-9-8-10-18(19)20/h8-13,15-16,29H,7,14H2,1-6H3,(H,28,31). The number of anilines is 2. The molecule has 0 saturated carbocycles. The van der Waals surface area contributed by atoms with Crippen molar-refractivity contribution in [3.8, 4) is 11.5 Å². The van der Waals surface area contributed by atoms with Crippen LogP contribution in [0.4, 0.5) is 11.4 Å². The predicted octanol–water partition coefficient (Wildman–Crippen LogP) is 5.46. The largest absolute Gasteiger partial charge is 0.496 e. The first-order valence-corrected chi connectivity index (χ1v) is 12.7. The Kier molecular flexibility index (Phi) is 8.17. The fourth-order valence-electron chi connectivity index (χ4n) is 3.76. The summed E-state index contributed by atoms with van der Waals surface area (Å²) in [6.07, 6.45) is 0.745. The Morgan fingerprint density at radius 2 is 1.60 bits per heavy atom. The van der Waals surface area contributed by atoms with E-state index in [2.05, 4.69) is 10.0 Å². The number of benzene rings is 3. The highest BCUT2D eigenvalue weighted by molar-refractivity contribution is 7.86. The molecule has 1 atom stereocenters. The molecule has 0 aliphatic carbocycles. The summed E-state index contributed by atoms with van der Waals surface area (Å²) in [5.41, 5.74) is 1.69. The van der Waals surface area contributed by atoms with E-state index in [-0.39, 0.29) is 11.0 Å². The normalized spacial score (nSPS) is 12.2. The molecule has 0 fully saturated rings. The molecule has 7 nitrogen and oxygen atoms in total. The van der Waals surface area contributed by atoms with Crippen LogP contribution < -0.4 is 19.5 Å². The molecule has 0 heterocycles. The summed E-state index contributed by atoms with van der Waals surface area (Å²) in [6, 6.07) is 14.2.